The summed E-state index contributed by atoms with van der Waals surface area (Å²) >= 11 is 0. The first-order valence-electron chi connectivity index (χ1n) is 6.17. The number of benzene rings is 1. The first kappa shape index (κ1) is 13.1. The number of nitriles is 1. The summed E-state index contributed by atoms with van der Waals surface area (Å²) in [6.45, 7) is 0.372. The molecule has 1 unspecified atom stereocenters. The molecule has 1 saturated heterocycles. The molecule has 0 saturated carbocycles. The monoisotopic (exact) mass is 257 g/mol. The Balaban J connectivity index is 2.15. The van der Waals surface area contributed by atoms with Gasteiger partial charge in [0.2, 0.25) is 11.8 Å². The molecule has 2 amide bonds. The molecule has 5 heteroatoms. The second-order valence-electron chi connectivity index (χ2n) is 4.57. The molecule has 1 aliphatic rings. The molecule has 5 nitrogen and oxygen atoms in total. The van der Waals surface area contributed by atoms with Crippen molar-refractivity contribution in [3.05, 3.63) is 29.8 Å². The van der Waals surface area contributed by atoms with Crippen LogP contribution in [0.15, 0.2) is 24.3 Å². The highest BCUT2D eigenvalue weighted by molar-refractivity contribution is 5.96. The second-order valence-corrected chi connectivity index (χ2v) is 4.57. The molecule has 0 spiro atoms. The third kappa shape index (κ3) is 2.74. The van der Waals surface area contributed by atoms with E-state index >= 15 is 0 Å². The third-order valence-corrected chi connectivity index (χ3v) is 3.33. The fraction of sp³-hybridized carbons (Fsp3) is 0.357. The van der Waals surface area contributed by atoms with Crippen LogP contribution in [-0.2, 0) is 9.59 Å². The highest BCUT2D eigenvalue weighted by Crippen LogP contribution is 2.22. The second kappa shape index (κ2) is 5.53. The molecule has 0 aromatic heterocycles. The molecule has 1 atom stereocenters. The molecule has 98 valence electrons. The van der Waals surface area contributed by atoms with Crippen LogP contribution < -0.4 is 10.2 Å². The highest BCUT2D eigenvalue weighted by atomic mass is 16.2. The molecule has 2 rings (SSSR count). The van der Waals surface area contributed by atoms with Crippen molar-refractivity contribution in [2.75, 3.05) is 18.5 Å². The number of nitrogens with one attached hydrogen (secondary N) is 1. The standard InChI is InChI=1S/C14H15N3O2/c1-17(12-5-3-2-4-10(12)8-15)14(19)11-6-7-13(18)16-9-11/h2-5,11H,6-7,9H2,1H3,(H,16,18). The highest BCUT2D eigenvalue weighted by Gasteiger charge is 2.28. The maximum atomic E-state index is 12.3. The van der Waals surface area contributed by atoms with Crippen molar-refractivity contribution in [3.63, 3.8) is 0 Å². The summed E-state index contributed by atoms with van der Waals surface area (Å²) in [4.78, 5) is 24.9. The number of amides is 2. The van der Waals surface area contributed by atoms with Crippen LogP contribution in [0.2, 0.25) is 0 Å². The van der Waals surface area contributed by atoms with Gasteiger partial charge in [-0.1, -0.05) is 12.1 Å². The summed E-state index contributed by atoms with van der Waals surface area (Å²) in [5, 5.41) is 11.7. The average molecular weight is 257 g/mol. The molecular weight excluding hydrogens is 242 g/mol. The summed E-state index contributed by atoms with van der Waals surface area (Å²) < 4.78 is 0. The summed E-state index contributed by atoms with van der Waals surface area (Å²) in [6.07, 6.45) is 0.938. The quantitative estimate of drug-likeness (QED) is 0.860. The smallest absolute Gasteiger partial charge is 0.231 e. The maximum absolute atomic E-state index is 12.3. The van der Waals surface area contributed by atoms with Crippen LogP contribution in [0.1, 0.15) is 18.4 Å². The Morgan fingerprint density at radius 1 is 1.47 bits per heavy atom. The lowest BCUT2D eigenvalue weighted by Gasteiger charge is -2.27. The summed E-state index contributed by atoms with van der Waals surface area (Å²) in [6, 6.07) is 9.07. The van der Waals surface area contributed by atoms with Gasteiger partial charge in [-0.25, -0.2) is 0 Å². The van der Waals surface area contributed by atoms with Crippen molar-refractivity contribution in [1.82, 2.24) is 5.32 Å². The number of piperidine rings is 1. The minimum Gasteiger partial charge on any atom is -0.355 e. The fourth-order valence-electron chi connectivity index (χ4n) is 2.20. The summed E-state index contributed by atoms with van der Waals surface area (Å²) in [7, 11) is 1.66. The first-order valence-corrected chi connectivity index (χ1v) is 6.17. The molecule has 0 aliphatic carbocycles. The SMILES string of the molecule is CN(C(=O)C1CCC(=O)NC1)c1ccccc1C#N. The minimum atomic E-state index is -0.213. The van der Waals surface area contributed by atoms with Gasteiger partial charge in [-0.15, -0.1) is 0 Å². The number of hydrogen-bond acceptors (Lipinski definition) is 3. The lowest BCUT2D eigenvalue weighted by atomic mass is 9.97. The topological polar surface area (TPSA) is 73.2 Å². The molecule has 1 heterocycles. The van der Waals surface area contributed by atoms with E-state index in [1.54, 1.807) is 31.3 Å². The lowest BCUT2D eigenvalue weighted by Crippen LogP contribution is -2.43. The molecule has 19 heavy (non-hydrogen) atoms. The Morgan fingerprint density at radius 3 is 2.84 bits per heavy atom. The number of hydrogen-bond donors (Lipinski definition) is 1. The van der Waals surface area contributed by atoms with Gasteiger partial charge in [0.15, 0.2) is 0 Å². The van der Waals surface area contributed by atoms with Crippen molar-refractivity contribution < 1.29 is 9.59 Å². The van der Waals surface area contributed by atoms with E-state index in [0.717, 1.165) is 0 Å². The van der Waals surface area contributed by atoms with Crippen molar-refractivity contribution in [2.45, 2.75) is 12.8 Å². The van der Waals surface area contributed by atoms with Crippen LogP contribution >= 0.6 is 0 Å². The van der Waals surface area contributed by atoms with E-state index in [1.165, 1.54) is 4.90 Å². The van der Waals surface area contributed by atoms with Gasteiger partial charge in [0.1, 0.15) is 6.07 Å². The van der Waals surface area contributed by atoms with Gasteiger partial charge in [-0.2, -0.15) is 5.26 Å². The molecule has 1 N–H and O–H groups in total. The zero-order chi connectivity index (χ0) is 13.8. The minimum absolute atomic E-state index is 0.0101. The van der Waals surface area contributed by atoms with Gasteiger partial charge >= 0.3 is 0 Å². The predicted molar refractivity (Wildman–Crippen MR) is 70.3 cm³/mol. The maximum Gasteiger partial charge on any atom is 0.231 e. The Hall–Kier alpha value is -2.35. The number of nitrogens with zero attached hydrogens (tertiary/aromatic N) is 2. The molecule has 1 aromatic rings. The molecule has 1 fully saturated rings. The number of rotatable bonds is 2. The van der Waals surface area contributed by atoms with Crippen LogP contribution in [0.5, 0.6) is 0 Å². The van der Waals surface area contributed by atoms with Crippen LogP contribution in [0, 0.1) is 17.2 Å². The zero-order valence-corrected chi connectivity index (χ0v) is 10.7. The first-order chi connectivity index (χ1) is 9.13. The predicted octanol–water partition coefficient (Wildman–Crippen LogP) is 1.05. The van der Waals surface area contributed by atoms with E-state index < -0.39 is 0 Å². The van der Waals surface area contributed by atoms with Gasteiger partial charge in [0.25, 0.3) is 0 Å². The Morgan fingerprint density at radius 2 is 2.21 bits per heavy atom. The van der Waals surface area contributed by atoms with Crippen molar-refractivity contribution in [3.8, 4) is 6.07 Å². The van der Waals surface area contributed by atoms with Gasteiger partial charge in [-0.3, -0.25) is 9.59 Å². The molecule has 0 bridgehead atoms. The number of para-hydroxylation sites is 1. The van der Waals surface area contributed by atoms with E-state index in [0.29, 0.717) is 30.6 Å². The van der Waals surface area contributed by atoms with E-state index in [9.17, 15) is 9.59 Å². The van der Waals surface area contributed by atoms with Crippen LogP contribution in [0.3, 0.4) is 0 Å². The van der Waals surface area contributed by atoms with E-state index in [2.05, 4.69) is 11.4 Å². The molecular formula is C14H15N3O2. The number of carbonyl (C=O) groups is 2. The summed E-state index contributed by atoms with van der Waals surface area (Å²) in [5.41, 5.74) is 1.07. The third-order valence-electron chi connectivity index (χ3n) is 3.33. The lowest BCUT2D eigenvalue weighted by molar-refractivity contribution is -0.127. The van der Waals surface area contributed by atoms with Crippen LogP contribution in [0.25, 0.3) is 0 Å². The van der Waals surface area contributed by atoms with Crippen LogP contribution in [0.4, 0.5) is 5.69 Å². The Kier molecular flexibility index (Phi) is 3.81. The number of anilines is 1. The van der Waals surface area contributed by atoms with Crippen LogP contribution in [-0.4, -0.2) is 25.4 Å². The van der Waals surface area contributed by atoms with Gasteiger partial charge in [-0.05, 0) is 18.6 Å². The van der Waals surface area contributed by atoms with Crippen molar-refractivity contribution >= 4 is 17.5 Å². The van der Waals surface area contributed by atoms with Gasteiger partial charge in [0, 0.05) is 20.0 Å². The van der Waals surface area contributed by atoms with E-state index in [1.807, 2.05) is 0 Å². The van der Waals surface area contributed by atoms with Gasteiger partial charge in [0.05, 0.1) is 17.2 Å². The summed E-state index contributed by atoms with van der Waals surface area (Å²) in [5.74, 6) is -0.290. The molecule has 0 radical (unpaired) electrons. The largest absolute Gasteiger partial charge is 0.355 e. The van der Waals surface area contributed by atoms with Crippen molar-refractivity contribution in [2.24, 2.45) is 5.92 Å². The molecule has 1 aliphatic heterocycles. The number of carbonyl (C=O) groups excluding carboxylic acids is 2. The van der Waals surface area contributed by atoms with E-state index in [-0.39, 0.29) is 17.7 Å². The zero-order valence-electron chi connectivity index (χ0n) is 10.7. The average Bonchev–Trinajstić information content (AvgIpc) is 2.46. The Bertz CT molecular complexity index is 538. The fourth-order valence-corrected chi connectivity index (χ4v) is 2.20. The van der Waals surface area contributed by atoms with Gasteiger partial charge < -0.3 is 10.2 Å². The van der Waals surface area contributed by atoms with Crippen molar-refractivity contribution in [1.29, 1.82) is 5.26 Å². The normalized spacial score (nSPS) is 18.3. The molecule has 1 aromatic carbocycles. The van der Waals surface area contributed by atoms with E-state index in [4.69, 9.17) is 5.26 Å². The Labute approximate surface area is 111 Å².